The summed E-state index contributed by atoms with van der Waals surface area (Å²) in [6.45, 7) is 2.25. The Morgan fingerprint density at radius 1 is 1.16 bits per heavy atom. The zero-order valence-corrected chi connectivity index (χ0v) is 18.6. The summed E-state index contributed by atoms with van der Waals surface area (Å²) in [5.41, 5.74) is -0.344. The van der Waals surface area contributed by atoms with Crippen molar-refractivity contribution < 1.29 is 28.8 Å². The van der Waals surface area contributed by atoms with E-state index >= 15 is 0 Å². The molecule has 1 aliphatic carbocycles. The van der Waals surface area contributed by atoms with Crippen LogP contribution in [-0.4, -0.2) is 53.8 Å². The van der Waals surface area contributed by atoms with Gasteiger partial charge in [-0.2, -0.15) is 0 Å². The van der Waals surface area contributed by atoms with E-state index in [4.69, 9.17) is 9.47 Å². The topological polar surface area (TPSA) is 116 Å². The van der Waals surface area contributed by atoms with E-state index in [1.165, 1.54) is 25.5 Å². The van der Waals surface area contributed by atoms with Crippen LogP contribution < -0.4 is 4.74 Å². The molecule has 1 aromatic carbocycles. The van der Waals surface area contributed by atoms with Gasteiger partial charge >= 0.3 is 11.7 Å². The van der Waals surface area contributed by atoms with Crippen LogP contribution in [-0.2, 0) is 14.3 Å². The molecule has 0 spiro atoms. The molecule has 1 saturated carbocycles. The average Bonchev–Trinajstić information content (AvgIpc) is 2.78. The molecule has 2 rings (SSSR count). The van der Waals surface area contributed by atoms with E-state index in [-0.39, 0.29) is 48.1 Å². The first-order valence-electron chi connectivity index (χ1n) is 11.2. The third kappa shape index (κ3) is 7.94. The SMILES string of the molecule is CC(=O)OCCN(C(=O)CCCCCOc1cccc(C=O)c1[N+](=O)[O-])C1CCCCC1. The van der Waals surface area contributed by atoms with Crippen molar-refractivity contribution in [2.45, 2.75) is 70.8 Å². The Morgan fingerprint density at radius 2 is 1.91 bits per heavy atom. The lowest BCUT2D eigenvalue weighted by Crippen LogP contribution is -2.43. The molecule has 0 aromatic heterocycles. The molecule has 0 atom stereocenters. The predicted octanol–water partition coefficient (Wildman–Crippen LogP) is 4.07. The Bertz CT molecular complexity index is 791. The van der Waals surface area contributed by atoms with Gasteiger partial charge in [0.15, 0.2) is 12.0 Å². The molecule has 0 N–H and O–H groups in total. The first-order valence-corrected chi connectivity index (χ1v) is 11.2. The van der Waals surface area contributed by atoms with Crippen LogP contribution in [0.3, 0.4) is 0 Å². The number of unbranched alkanes of at least 4 members (excludes halogenated alkanes) is 2. The number of para-hydroxylation sites is 1. The minimum Gasteiger partial charge on any atom is -0.487 e. The first kappa shape index (κ1) is 25.3. The largest absolute Gasteiger partial charge is 0.487 e. The molecule has 0 saturated heterocycles. The van der Waals surface area contributed by atoms with Crippen LogP contribution >= 0.6 is 0 Å². The summed E-state index contributed by atoms with van der Waals surface area (Å²) in [7, 11) is 0. The summed E-state index contributed by atoms with van der Waals surface area (Å²) in [5, 5.41) is 11.2. The molecule has 0 heterocycles. The number of carbonyl (C=O) groups is 3. The zero-order valence-electron chi connectivity index (χ0n) is 18.6. The predicted molar refractivity (Wildman–Crippen MR) is 118 cm³/mol. The summed E-state index contributed by atoms with van der Waals surface area (Å²) >= 11 is 0. The normalized spacial score (nSPS) is 13.9. The highest BCUT2D eigenvalue weighted by atomic mass is 16.6. The Kier molecular flexibility index (Phi) is 10.6. The molecule has 9 nitrogen and oxygen atoms in total. The van der Waals surface area contributed by atoms with Crippen LogP contribution in [0.1, 0.15) is 75.1 Å². The number of ether oxygens (including phenoxy) is 2. The lowest BCUT2D eigenvalue weighted by atomic mass is 9.94. The third-order valence-corrected chi connectivity index (χ3v) is 5.61. The molecule has 0 radical (unpaired) electrons. The maximum Gasteiger partial charge on any atom is 0.321 e. The first-order chi connectivity index (χ1) is 15.4. The number of amides is 1. The maximum absolute atomic E-state index is 12.8. The number of carbonyl (C=O) groups excluding carboxylic acids is 3. The quantitative estimate of drug-likeness (QED) is 0.147. The van der Waals surface area contributed by atoms with Gasteiger partial charge in [0.05, 0.1) is 23.6 Å². The van der Waals surface area contributed by atoms with Gasteiger partial charge in [-0.05, 0) is 44.2 Å². The number of nitro benzene ring substituents is 1. The number of benzene rings is 1. The summed E-state index contributed by atoms with van der Waals surface area (Å²) < 4.78 is 10.6. The number of esters is 1. The van der Waals surface area contributed by atoms with Crippen molar-refractivity contribution in [2.75, 3.05) is 19.8 Å². The molecule has 9 heteroatoms. The van der Waals surface area contributed by atoms with Gasteiger partial charge in [-0.1, -0.05) is 25.3 Å². The summed E-state index contributed by atoms with van der Waals surface area (Å²) in [6.07, 6.45) is 8.26. The van der Waals surface area contributed by atoms with Gasteiger partial charge in [-0.15, -0.1) is 0 Å². The van der Waals surface area contributed by atoms with Gasteiger partial charge in [-0.25, -0.2) is 0 Å². The van der Waals surface area contributed by atoms with Crippen LogP contribution in [0.25, 0.3) is 0 Å². The second-order valence-electron chi connectivity index (χ2n) is 7.95. The minimum absolute atomic E-state index is 0.0188. The highest BCUT2D eigenvalue weighted by Crippen LogP contribution is 2.30. The molecule has 1 aromatic rings. The lowest BCUT2D eigenvalue weighted by Gasteiger charge is -2.34. The standard InChI is InChI=1S/C23H32N2O7/c1-18(27)31-16-14-24(20-10-4-2-5-11-20)22(28)13-6-3-7-15-32-21-12-8-9-19(17-26)23(21)25(29)30/h8-9,12,17,20H,2-7,10-11,13-16H2,1H3. The molecule has 1 amide bonds. The number of hydrogen-bond acceptors (Lipinski definition) is 7. The Labute approximate surface area is 188 Å². The van der Waals surface area contributed by atoms with E-state index in [9.17, 15) is 24.5 Å². The van der Waals surface area contributed by atoms with Crippen molar-refractivity contribution in [3.05, 3.63) is 33.9 Å². The third-order valence-electron chi connectivity index (χ3n) is 5.61. The molecular formula is C23H32N2O7. The van der Waals surface area contributed by atoms with Gasteiger partial charge in [-0.3, -0.25) is 24.5 Å². The van der Waals surface area contributed by atoms with Crippen molar-refractivity contribution in [3.63, 3.8) is 0 Å². The second kappa shape index (κ2) is 13.4. The molecule has 1 fully saturated rings. The fourth-order valence-corrected chi connectivity index (χ4v) is 4.02. The monoisotopic (exact) mass is 448 g/mol. The van der Waals surface area contributed by atoms with Gasteiger partial charge in [0.1, 0.15) is 6.61 Å². The van der Waals surface area contributed by atoms with E-state index in [0.717, 1.165) is 32.1 Å². The van der Waals surface area contributed by atoms with Crippen LogP contribution in [0.4, 0.5) is 5.69 Å². The molecule has 0 unspecified atom stereocenters. The molecular weight excluding hydrogens is 416 g/mol. The van der Waals surface area contributed by atoms with E-state index in [1.807, 2.05) is 4.90 Å². The van der Waals surface area contributed by atoms with Gasteiger partial charge in [0, 0.05) is 19.4 Å². The molecule has 0 aliphatic heterocycles. The summed E-state index contributed by atoms with van der Waals surface area (Å²) in [5.74, 6) is -0.205. The van der Waals surface area contributed by atoms with Gasteiger partial charge in [0.2, 0.25) is 5.91 Å². The number of aldehydes is 1. The second-order valence-corrected chi connectivity index (χ2v) is 7.95. The molecule has 176 valence electrons. The maximum atomic E-state index is 12.8. The fraction of sp³-hybridized carbons (Fsp3) is 0.609. The van der Waals surface area contributed by atoms with Crippen molar-refractivity contribution in [3.8, 4) is 5.75 Å². The van der Waals surface area contributed by atoms with Crippen molar-refractivity contribution in [1.29, 1.82) is 0 Å². The van der Waals surface area contributed by atoms with Crippen LogP contribution in [0.2, 0.25) is 0 Å². The van der Waals surface area contributed by atoms with E-state index in [1.54, 1.807) is 6.07 Å². The van der Waals surface area contributed by atoms with Gasteiger partial charge < -0.3 is 14.4 Å². The van der Waals surface area contributed by atoms with Crippen molar-refractivity contribution >= 4 is 23.9 Å². The molecule has 1 aliphatic rings. The highest BCUT2D eigenvalue weighted by Gasteiger charge is 2.25. The van der Waals surface area contributed by atoms with Crippen LogP contribution in [0, 0.1) is 10.1 Å². The van der Waals surface area contributed by atoms with E-state index < -0.39 is 4.92 Å². The number of rotatable bonds is 13. The summed E-state index contributed by atoms with van der Waals surface area (Å²) in [6, 6.07) is 4.60. The van der Waals surface area contributed by atoms with Crippen LogP contribution in [0.15, 0.2) is 18.2 Å². The van der Waals surface area contributed by atoms with E-state index in [0.29, 0.717) is 32.1 Å². The number of nitrogens with zero attached hydrogens (tertiary/aromatic N) is 2. The minimum atomic E-state index is -0.618. The summed E-state index contributed by atoms with van der Waals surface area (Å²) in [4.78, 5) is 47.3. The fourth-order valence-electron chi connectivity index (χ4n) is 4.02. The lowest BCUT2D eigenvalue weighted by molar-refractivity contribution is -0.386. The highest BCUT2D eigenvalue weighted by molar-refractivity contribution is 5.83. The van der Waals surface area contributed by atoms with Crippen molar-refractivity contribution in [1.82, 2.24) is 4.90 Å². The van der Waals surface area contributed by atoms with E-state index in [2.05, 4.69) is 0 Å². The average molecular weight is 449 g/mol. The van der Waals surface area contributed by atoms with Gasteiger partial charge in [0.25, 0.3) is 0 Å². The number of nitro groups is 1. The molecule has 32 heavy (non-hydrogen) atoms. The Balaban J connectivity index is 1.77. The molecule has 0 bridgehead atoms. The van der Waals surface area contributed by atoms with Crippen molar-refractivity contribution in [2.24, 2.45) is 0 Å². The Morgan fingerprint density at radius 3 is 2.56 bits per heavy atom. The van der Waals surface area contributed by atoms with Crippen LogP contribution in [0.5, 0.6) is 5.75 Å². The number of hydrogen-bond donors (Lipinski definition) is 0. The zero-order chi connectivity index (χ0) is 23.3. The smallest absolute Gasteiger partial charge is 0.321 e. The Hall–Kier alpha value is -2.97.